The molecule has 0 heterocycles. The topological polar surface area (TPSA) is 38.0 Å². The van der Waals surface area contributed by atoms with Crippen LogP contribution in [-0.4, -0.2) is 11.8 Å². The molecule has 0 aliphatic carbocycles. The van der Waals surface area contributed by atoms with E-state index in [1.165, 1.54) is 16.5 Å². The van der Waals surface area contributed by atoms with Crippen molar-refractivity contribution in [3.05, 3.63) is 64.4 Å². The third kappa shape index (κ3) is 5.00. The van der Waals surface area contributed by atoms with Gasteiger partial charge in [-0.1, -0.05) is 29.3 Å². The van der Waals surface area contributed by atoms with Crippen molar-refractivity contribution in [1.29, 1.82) is 0 Å². The minimum atomic E-state index is -0.250. The lowest BCUT2D eigenvalue weighted by molar-refractivity contribution is 0.546. The van der Waals surface area contributed by atoms with Crippen LogP contribution in [0.15, 0.2) is 47.4 Å². The van der Waals surface area contributed by atoms with Gasteiger partial charge in [-0.3, -0.25) is 11.3 Å². The van der Waals surface area contributed by atoms with Crippen molar-refractivity contribution >= 4 is 23.4 Å². The van der Waals surface area contributed by atoms with Crippen LogP contribution in [0.4, 0.5) is 4.39 Å². The zero-order chi connectivity index (χ0) is 15.2. The number of hydrogen-bond donors (Lipinski definition) is 2. The molecule has 0 spiro atoms. The van der Waals surface area contributed by atoms with Gasteiger partial charge in [-0.15, -0.1) is 11.8 Å². The minimum absolute atomic E-state index is 0.0238. The van der Waals surface area contributed by atoms with Crippen LogP contribution in [0.3, 0.4) is 0 Å². The number of benzene rings is 2. The van der Waals surface area contributed by atoms with E-state index in [9.17, 15) is 4.39 Å². The van der Waals surface area contributed by atoms with E-state index in [4.69, 9.17) is 17.4 Å². The second kappa shape index (κ2) is 7.80. The Balaban J connectivity index is 1.96. The Bertz CT molecular complexity index is 589. The van der Waals surface area contributed by atoms with Gasteiger partial charge in [0.1, 0.15) is 5.82 Å². The largest absolute Gasteiger partial charge is 0.271 e. The Hall–Kier alpha value is -1.07. The van der Waals surface area contributed by atoms with Gasteiger partial charge in [0.25, 0.3) is 0 Å². The summed E-state index contributed by atoms with van der Waals surface area (Å²) in [6, 6.07) is 12.9. The van der Waals surface area contributed by atoms with E-state index in [-0.39, 0.29) is 11.9 Å². The van der Waals surface area contributed by atoms with E-state index in [2.05, 4.69) is 36.6 Å². The number of thioether (sulfide) groups is 1. The number of aryl methyl sites for hydroxylation is 1. The number of nitrogens with two attached hydrogens (primary N) is 1. The van der Waals surface area contributed by atoms with Crippen LogP contribution in [0.5, 0.6) is 0 Å². The summed E-state index contributed by atoms with van der Waals surface area (Å²) in [4.78, 5) is 1.17. The second-order valence-electron chi connectivity index (χ2n) is 4.93. The first kappa shape index (κ1) is 16.3. The van der Waals surface area contributed by atoms with E-state index in [1.807, 2.05) is 0 Å². The molecule has 1 unspecified atom stereocenters. The van der Waals surface area contributed by atoms with Crippen LogP contribution in [0.1, 0.15) is 11.1 Å². The summed E-state index contributed by atoms with van der Waals surface area (Å²) < 4.78 is 13.7. The first-order valence-electron chi connectivity index (χ1n) is 6.68. The molecule has 0 saturated carbocycles. The molecule has 0 aliphatic rings. The van der Waals surface area contributed by atoms with Crippen LogP contribution in [0, 0.1) is 12.7 Å². The Morgan fingerprint density at radius 2 is 1.95 bits per heavy atom. The summed E-state index contributed by atoms with van der Waals surface area (Å²) in [5, 5.41) is 0.536. The third-order valence-electron chi connectivity index (χ3n) is 3.18. The average molecular weight is 325 g/mol. The molecule has 0 aromatic heterocycles. The lowest BCUT2D eigenvalue weighted by Crippen LogP contribution is -2.38. The highest BCUT2D eigenvalue weighted by Gasteiger charge is 2.12. The van der Waals surface area contributed by atoms with Crippen molar-refractivity contribution < 1.29 is 4.39 Å². The third-order valence-corrected chi connectivity index (χ3v) is 4.59. The first-order valence-corrected chi connectivity index (χ1v) is 8.04. The predicted octanol–water partition coefficient (Wildman–Crippen LogP) is 3.95. The molecular weight excluding hydrogens is 307 g/mol. The van der Waals surface area contributed by atoms with Crippen molar-refractivity contribution in [2.45, 2.75) is 24.3 Å². The van der Waals surface area contributed by atoms with Gasteiger partial charge in [0, 0.05) is 21.7 Å². The quantitative estimate of drug-likeness (QED) is 0.480. The number of nitrogens with one attached hydrogen (secondary N) is 1. The fourth-order valence-corrected chi connectivity index (χ4v) is 3.09. The fourth-order valence-electron chi connectivity index (χ4n) is 1.96. The molecule has 2 rings (SSSR count). The van der Waals surface area contributed by atoms with Gasteiger partial charge in [-0.25, -0.2) is 4.39 Å². The number of hydrogen-bond acceptors (Lipinski definition) is 3. The SMILES string of the molecule is Cc1ccc(SCC(Cc2cc(Cl)ccc2F)NN)cc1. The van der Waals surface area contributed by atoms with Crippen LogP contribution < -0.4 is 11.3 Å². The Kier molecular flexibility index (Phi) is 6.06. The number of rotatable bonds is 6. The molecule has 0 amide bonds. The molecule has 3 N–H and O–H groups in total. The predicted molar refractivity (Wildman–Crippen MR) is 88.1 cm³/mol. The van der Waals surface area contributed by atoms with Gasteiger partial charge in [0.05, 0.1) is 0 Å². The van der Waals surface area contributed by atoms with Gasteiger partial charge >= 0.3 is 0 Å². The highest BCUT2D eigenvalue weighted by molar-refractivity contribution is 7.99. The molecule has 0 aliphatic heterocycles. The van der Waals surface area contributed by atoms with Crippen LogP contribution in [0.2, 0.25) is 5.02 Å². The van der Waals surface area contributed by atoms with Crippen LogP contribution >= 0.6 is 23.4 Å². The van der Waals surface area contributed by atoms with Gasteiger partial charge in [-0.05, 0) is 49.2 Å². The molecule has 21 heavy (non-hydrogen) atoms. The lowest BCUT2D eigenvalue weighted by Gasteiger charge is -2.16. The molecule has 2 aromatic rings. The van der Waals surface area contributed by atoms with Gasteiger partial charge in [0.2, 0.25) is 0 Å². The molecule has 2 nitrogen and oxygen atoms in total. The van der Waals surface area contributed by atoms with E-state index < -0.39 is 0 Å². The molecule has 1 atom stereocenters. The Morgan fingerprint density at radius 1 is 1.24 bits per heavy atom. The van der Waals surface area contributed by atoms with Gasteiger partial charge in [0.15, 0.2) is 0 Å². The van der Waals surface area contributed by atoms with E-state index in [1.54, 1.807) is 23.9 Å². The van der Waals surface area contributed by atoms with Crippen LogP contribution in [0.25, 0.3) is 0 Å². The lowest BCUT2D eigenvalue weighted by atomic mass is 10.1. The maximum absolute atomic E-state index is 13.7. The molecule has 0 fully saturated rings. The maximum atomic E-state index is 13.7. The summed E-state index contributed by atoms with van der Waals surface area (Å²) in [5.74, 6) is 6.08. The smallest absolute Gasteiger partial charge is 0.126 e. The monoisotopic (exact) mass is 324 g/mol. The fraction of sp³-hybridized carbons (Fsp3) is 0.250. The first-order chi connectivity index (χ1) is 10.1. The molecular formula is C16H18ClFN2S. The summed E-state index contributed by atoms with van der Waals surface area (Å²) in [6.45, 7) is 2.06. The van der Waals surface area contributed by atoms with Crippen molar-refractivity contribution in [2.24, 2.45) is 5.84 Å². The molecule has 2 aromatic carbocycles. The molecule has 5 heteroatoms. The zero-order valence-corrected chi connectivity index (χ0v) is 13.3. The second-order valence-corrected chi connectivity index (χ2v) is 6.46. The van der Waals surface area contributed by atoms with Crippen molar-refractivity contribution in [2.75, 3.05) is 5.75 Å². The van der Waals surface area contributed by atoms with Gasteiger partial charge in [-0.2, -0.15) is 0 Å². The minimum Gasteiger partial charge on any atom is -0.271 e. The molecule has 0 saturated heterocycles. The highest BCUT2D eigenvalue weighted by atomic mass is 35.5. The normalized spacial score (nSPS) is 12.4. The van der Waals surface area contributed by atoms with E-state index in [0.717, 1.165) is 5.75 Å². The molecule has 0 bridgehead atoms. The summed E-state index contributed by atoms with van der Waals surface area (Å²) in [7, 11) is 0. The standard InChI is InChI=1S/C16H18ClFN2S/c1-11-2-5-15(6-3-11)21-10-14(20-19)9-12-8-13(17)4-7-16(12)18/h2-8,14,20H,9-10,19H2,1H3. The summed E-state index contributed by atoms with van der Waals surface area (Å²) in [5.41, 5.74) is 4.56. The Labute approximate surface area is 133 Å². The van der Waals surface area contributed by atoms with E-state index in [0.29, 0.717) is 17.0 Å². The van der Waals surface area contributed by atoms with Crippen molar-refractivity contribution in [3.8, 4) is 0 Å². The summed E-state index contributed by atoms with van der Waals surface area (Å²) in [6.07, 6.45) is 0.502. The average Bonchev–Trinajstić information content (AvgIpc) is 2.48. The van der Waals surface area contributed by atoms with Gasteiger partial charge < -0.3 is 0 Å². The van der Waals surface area contributed by atoms with Crippen molar-refractivity contribution in [3.63, 3.8) is 0 Å². The zero-order valence-electron chi connectivity index (χ0n) is 11.8. The maximum Gasteiger partial charge on any atom is 0.126 e. The highest BCUT2D eigenvalue weighted by Crippen LogP contribution is 2.22. The number of hydrazine groups is 1. The number of halogens is 2. The van der Waals surface area contributed by atoms with Crippen LogP contribution in [-0.2, 0) is 6.42 Å². The van der Waals surface area contributed by atoms with E-state index >= 15 is 0 Å². The summed E-state index contributed by atoms with van der Waals surface area (Å²) >= 11 is 7.60. The molecule has 112 valence electrons. The van der Waals surface area contributed by atoms with Crippen molar-refractivity contribution in [1.82, 2.24) is 5.43 Å². The Morgan fingerprint density at radius 3 is 2.62 bits per heavy atom. The molecule has 0 radical (unpaired) electrons.